The predicted molar refractivity (Wildman–Crippen MR) is 116 cm³/mol. The van der Waals surface area contributed by atoms with Gasteiger partial charge in [-0.25, -0.2) is 9.67 Å². The molecule has 0 amide bonds. The minimum atomic E-state index is 0.261. The lowest BCUT2D eigenvalue weighted by Gasteiger charge is -2.37. The topological polar surface area (TPSA) is 65.3 Å². The van der Waals surface area contributed by atoms with Crippen molar-refractivity contribution < 1.29 is 9.47 Å². The van der Waals surface area contributed by atoms with Crippen LogP contribution in [0.1, 0.15) is 61.7 Å². The van der Waals surface area contributed by atoms with Gasteiger partial charge in [-0.2, -0.15) is 0 Å². The van der Waals surface area contributed by atoms with E-state index in [2.05, 4.69) is 43.2 Å². The number of rotatable bonds is 8. The molecule has 1 aliphatic heterocycles. The molecule has 3 heterocycles. The van der Waals surface area contributed by atoms with Crippen LogP contribution in [0.25, 0.3) is 0 Å². The standard InChI is InChI=1S/C24H33N5O2/c1-30-24-8-17(6-7-25-24)11-28-12-19-9-22(29-14-21(26-27-29)18-4-5-18)23(10-20(19)13-28)31-15-16-2-3-16/h6-8,14,16,18-20,22-23H,2-5,9-13,15H2,1H3/t19-,20+,22-,23-/m1/s1. The van der Waals surface area contributed by atoms with Gasteiger partial charge in [0, 0.05) is 50.6 Å². The van der Waals surface area contributed by atoms with Gasteiger partial charge in [-0.15, -0.1) is 5.10 Å². The number of hydrogen-bond donors (Lipinski definition) is 0. The van der Waals surface area contributed by atoms with Gasteiger partial charge in [-0.05, 0) is 67.9 Å². The van der Waals surface area contributed by atoms with Crippen LogP contribution in [0.2, 0.25) is 0 Å². The van der Waals surface area contributed by atoms with Gasteiger partial charge >= 0.3 is 0 Å². The van der Waals surface area contributed by atoms with Crippen LogP contribution in [-0.4, -0.2) is 57.8 Å². The molecule has 3 saturated carbocycles. The van der Waals surface area contributed by atoms with Crippen LogP contribution in [0.3, 0.4) is 0 Å². The Kier molecular flexibility index (Phi) is 5.19. The van der Waals surface area contributed by atoms with Gasteiger partial charge in [0.1, 0.15) is 0 Å². The molecule has 6 rings (SSSR count). The fourth-order valence-corrected chi connectivity index (χ4v) is 5.56. The van der Waals surface area contributed by atoms with E-state index < -0.39 is 0 Å². The van der Waals surface area contributed by atoms with Crippen LogP contribution in [0.4, 0.5) is 0 Å². The maximum absolute atomic E-state index is 6.52. The molecule has 7 nitrogen and oxygen atoms in total. The maximum Gasteiger partial charge on any atom is 0.213 e. The Morgan fingerprint density at radius 3 is 2.71 bits per heavy atom. The van der Waals surface area contributed by atoms with Crippen molar-refractivity contribution in [1.82, 2.24) is 24.9 Å². The number of nitrogens with zero attached hydrogens (tertiary/aromatic N) is 5. The molecule has 31 heavy (non-hydrogen) atoms. The highest BCUT2D eigenvalue weighted by molar-refractivity contribution is 5.20. The highest BCUT2D eigenvalue weighted by Gasteiger charge is 2.44. The van der Waals surface area contributed by atoms with Gasteiger partial charge < -0.3 is 9.47 Å². The van der Waals surface area contributed by atoms with E-state index >= 15 is 0 Å². The van der Waals surface area contributed by atoms with E-state index in [1.54, 1.807) is 7.11 Å². The lowest BCUT2D eigenvalue weighted by atomic mass is 9.77. The first kappa shape index (κ1) is 19.7. The molecule has 0 N–H and O–H groups in total. The molecule has 3 aliphatic carbocycles. The number of ether oxygens (including phenoxy) is 2. The summed E-state index contributed by atoms with van der Waals surface area (Å²) in [6, 6.07) is 4.48. The average Bonchev–Trinajstić information content (AvgIpc) is 3.72. The number of aromatic nitrogens is 4. The molecule has 0 radical (unpaired) electrons. The van der Waals surface area contributed by atoms with E-state index in [1.807, 2.05) is 6.20 Å². The highest BCUT2D eigenvalue weighted by Crippen LogP contribution is 2.44. The monoisotopic (exact) mass is 423 g/mol. The zero-order valence-electron chi connectivity index (χ0n) is 18.4. The molecule has 4 aliphatic rings. The highest BCUT2D eigenvalue weighted by atomic mass is 16.5. The van der Waals surface area contributed by atoms with E-state index in [-0.39, 0.29) is 6.10 Å². The van der Waals surface area contributed by atoms with Crippen LogP contribution in [0.15, 0.2) is 24.5 Å². The van der Waals surface area contributed by atoms with E-state index in [1.165, 1.54) is 36.9 Å². The largest absolute Gasteiger partial charge is 0.481 e. The molecule has 4 atom stereocenters. The quantitative estimate of drug-likeness (QED) is 0.648. The Morgan fingerprint density at radius 2 is 1.94 bits per heavy atom. The van der Waals surface area contributed by atoms with Gasteiger partial charge in [-0.3, -0.25) is 4.90 Å². The van der Waals surface area contributed by atoms with Gasteiger partial charge in [0.25, 0.3) is 0 Å². The van der Waals surface area contributed by atoms with Crippen molar-refractivity contribution in [3.05, 3.63) is 35.8 Å². The molecule has 7 heteroatoms. The average molecular weight is 424 g/mol. The van der Waals surface area contributed by atoms with Crippen LogP contribution < -0.4 is 4.74 Å². The molecular weight excluding hydrogens is 390 g/mol. The Bertz CT molecular complexity index is 909. The van der Waals surface area contributed by atoms with Crippen molar-refractivity contribution in [2.24, 2.45) is 17.8 Å². The van der Waals surface area contributed by atoms with Crippen molar-refractivity contribution in [2.75, 3.05) is 26.8 Å². The summed E-state index contributed by atoms with van der Waals surface area (Å²) in [5.41, 5.74) is 2.46. The molecule has 0 bridgehead atoms. The van der Waals surface area contributed by atoms with Gasteiger partial charge in [-0.1, -0.05) is 5.21 Å². The molecule has 0 aromatic carbocycles. The number of likely N-dealkylation sites (tertiary alicyclic amines) is 1. The summed E-state index contributed by atoms with van der Waals surface area (Å²) in [6.07, 6.45) is 11.8. The van der Waals surface area contributed by atoms with Crippen LogP contribution in [0.5, 0.6) is 5.88 Å². The summed E-state index contributed by atoms with van der Waals surface area (Å²) in [5.74, 6) is 3.53. The Balaban J connectivity index is 1.16. The zero-order valence-corrected chi connectivity index (χ0v) is 18.4. The lowest BCUT2D eigenvalue weighted by molar-refractivity contribution is -0.0375. The van der Waals surface area contributed by atoms with Crippen molar-refractivity contribution in [3.63, 3.8) is 0 Å². The number of fused-ring (bicyclic) bond motifs is 1. The molecule has 1 saturated heterocycles. The van der Waals surface area contributed by atoms with Crippen LogP contribution >= 0.6 is 0 Å². The summed E-state index contributed by atoms with van der Waals surface area (Å²) < 4.78 is 14.0. The third kappa shape index (κ3) is 4.35. The molecular formula is C24H33N5O2. The lowest BCUT2D eigenvalue weighted by Crippen LogP contribution is -2.38. The predicted octanol–water partition coefficient (Wildman–Crippen LogP) is 3.44. The second kappa shape index (κ2) is 8.17. The Hall–Kier alpha value is -1.99. The van der Waals surface area contributed by atoms with Crippen molar-refractivity contribution in [1.29, 1.82) is 0 Å². The molecule has 0 spiro atoms. The second-order valence-corrected chi connectivity index (χ2v) is 10.2. The minimum Gasteiger partial charge on any atom is -0.481 e. The summed E-state index contributed by atoms with van der Waals surface area (Å²) >= 11 is 0. The van der Waals surface area contributed by atoms with Crippen LogP contribution in [-0.2, 0) is 11.3 Å². The second-order valence-electron chi connectivity index (χ2n) is 10.2. The number of hydrogen-bond acceptors (Lipinski definition) is 6. The van der Waals surface area contributed by atoms with Gasteiger partial charge in [0.15, 0.2) is 0 Å². The van der Waals surface area contributed by atoms with E-state index in [9.17, 15) is 0 Å². The Morgan fingerprint density at radius 1 is 1.10 bits per heavy atom. The molecule has 166 valence electrons. The summed E-state index contributed by atoms with van der Waals surface area (Å²) in [7, 11) is 1.68. The summed E-state index contributed by atoms with van der Waals surface area (Å²) in [5, 5.41) is 9.06. The third-order valence-electron chi connectivity index (χ3n) is 7.68. The van der Waals surface area contributed by atoms with Crippen molar-refractivity contribution in [3.8, 4) is 5.88 Å². The number of methoxy groups -OCH3 is 1. The van der Waals surface area contributed by atoms with Gasteiger partial charge in [0.05, 0.1) is 24.9 Å². The summed E-state index contributed by atoms with van der Waals surface area (Å²) in [4.78, 5) is 6.84. The smallest absolute Gasteiger partial charge is 0.213 e. The Labute approximate surface area is 184 Å². The normalized spacial score (nSPS) is 31.0. The van der Waals surface area contributed by atoms with Gasteiger partial charge in [0.2, 0.25) is 5.88 Å². The fraction of sp³-hybridized carbons (Fsp3) is 0.708. The van der Waals surface area contributed by atoms with Crippen molar-refractivity contribution >= 4 is 0 Å². The molecule has 2 aromatic heterocycles. The van der Waals surface area contributed by atoms with Crippen LogP contribution in [0, 0.1) is 17.8 Å². The number of pyridine rings is 1. The fourth-order valence-electron chi connectivity index (χ4n) is 5.56. The zero-order chi connectivity index (χ0) is 20.8. The third-order valence-corrected chi connectivity index (χ3v) is 7.68. The SMILES string of the molecule is COc1cc(CN2C[C@H]3C[C@@H](n4cc(C5CC5)nn4)[C@H](OCC4CC4)C[C@H]3C2)ccn1. The molecule has 0 unspecified atom stereocenters. The first-order valence-electron chi connectivity index (χ1n) is 12.0. The van der Waals surface area contributed by atoms with Crippen molar-refractivity contribution in [2.45, 2.75) is 63.1 Å². The summed E-state index contributed by atoms with van der Waals surface area (Å²) in [6.45, 7) is 4.17. The first-order valence-corrected chi connectivity index (χ1v) is 12.0. The van der Waals surface area contributed by atoms with E-state index in [0.29, 0.717) is 29.7 Å². The minimum absolute atomic E-state index is 0.261. The molecule has 4 fully saturated rings. The van der Waals surface area contributed by atoms with E-state index in [4.69, 9.17) is 9.47 Å². The molecule has 2 aromatic rings. The maximum atomic E-state index is 6.52. The first-order chi connectivity index (χ1) is 15.2. The van der Waals surface area contributed by atoms with E-state index in [0.717, 1.165) is 45.0 Å².